The predicted molar refractivity (Wildman–Crippen MR) is 128 cm³/mol. The smallest absolute Gasteiger partial charge is 0.206 e. The van der Waals surface area contributed by atoms with Crippen molar-refractivity contribution in [2.75, 3.05) is 20.8 Å². The molecule has 0 fully saturated rings. The van der Waals surface area contributed by atoms with Crippen molar-refractivity contribution < 1.29 is 14.6 Å². The summed E-state index contributed by atoms with van der Waals surface area (Å²) in [6, 6.07) is 9.19. The van der Waals surface area contributed by atoms with Crippen molar-refractivity contribution in [3.8, 4) is 28.5 Å². The van der Waals surface area contributed by atoms with Gasteiger partial charge in [0.2, 0.25) is 4.80 Å². The van der Waals surface area contributed by atoms with E-state index in [0.717, 1.165) is 21.6 Å². The Morgan fingerprint density at radius 2 is 1.90 bits per heavy atom. The summed E-state index contributed by atoms with van der Waals surface area (Å²) in [5, 5.41) is 16.6. The quantitative estimate of drug-likeness (QED) is 0.314. The zero-order valence-electron chi connectivity index (χ0n) is 16.3. The summed E-state index contributed by atoms with van der Waals surface area (Å²) in [4.78, 5) is 5.27. The molecule has 1 aromatic heterocycles. The van der Waals surface area contributed by atoms with E-state index in [-0.39, 0.29) is 5.75 Å². The molecular weight excluding hydrogens is 534 g/mol. The Kier molecular flexibility index (Phi) is 7.52. The van der Waals surface area contributed by atoms with Crippen molar-refractivity contribution in [2.45, 2.75) is 0 Å². The van der Waals surface area contributed by atoms with Crippen molar-refractivity contribution in [3.05, 3.63) is 67.7 Å². The molecule has 0 saturated carbocycles. The first-order chi connectivity index (χ1) is 14.5. The highest BCUT2D eigenvalue weighted by atomic mass is 79.9. The first-order valence-corrected chi connectivity index (χ1v) is 11.2. The molecule has 1 N–H and O–H groups in total. The summed E-state index contributed by atoms with van der Waals surface area (Å²) in [5.41, 5.74) is 2.49. The Morgan fingerprint density at radius 3 is 2.53 bits per heavy atom. The molecule has 3 aromatic rings. The maximum Gasteiger partial charge on any atom is 0.206 e. The van der Waals surface area contributed by atoms with Crippen LogP contribution in [0, 0.1) is 0 Å². The average molecular weight is 553 g/mol. The number of nitrogens with zero attached hydrogens (tertiary/aromatic N) is 3. The molecule has 0 radical (unpaired) electrons. The number of aromatic nitrogens is 1. The first-order valence-electron chi connectivity index (χ1n) is 8.75. The number of methoxy groups -OCH3 is 2. The fraction of sp³-hybridized carbons (Fsp3) is 0.143. The number of aromatic hydroxyl groups is 1. The largest absolute Gasteiger partial charge is 0.506 e. The zero-order chi connectivity index (χ0) is 21.7. The van der Waals surface area contributed by atoms with Crippen LogP contribution in [-0.4, -0.2) is 36.8 Å². The van der Waals surface area contributed by atoms with E-state index in [1.165, 1.54) is 11.3 Å². The maximum absolute atomic E-state index is 9.93. The molecule has 3 rings (SSSR count). The Labute approximate surface area is 195 Å². The highest BCUT2D eigenvalue weighted by Crippen LogP contribution is 2.34. The third-order valence-corrected chi connectivity index (χ3v) is 6.15. The Hall–Kier alpha value is -2.36. The summed E-state index contributed by atoms with van der Waals surface area (Å²) >= 11 is 8.16. The lowest BCUT2D eigenvalue weighted by molar-refractivity contribution is 0.395. The molecule has 0 aliphatic rings. The summed E-state index contributed by atoms with van der Waals surface area (Å²) in [6.07, 6.45) is 3.43. The third kappa shape index (κ3) is 4.85. The number of thiazole rings is 1. The molecule has 0 aliphatic carbocycles. The lowest BCUT2D eigenvalue weighted by Crippen LogP contribution is -2.12. The van der Waals surface area contributed by atoms with Gasteiger partial charge < -0.3 is 14.6 Å². The van der Waals surface area contributed by atoms with Gasteiger partial charge in [-0.3, -0.25) is 4.99 Å². The Bertz CT molecular complexity index is 1150. The van der Waals surface area contributed by atoms with E-state index in [9.17, 15) is 5.11 Å². The van der Waals surface area contributed by atoms with Gasteiger partial charge >= 0.3 is 0 Å². The van der Waals surface area contributed by atoms with Gasteiger partial charge in [-0.2, -0.15) is 5.10 Å². The van der Waals surface area contributed by atoms with Crippen molar-refractivity contribution in [1.29, 1.82) is 0 Å². The summed E-state index contributed by atoms with van der Waals surface area (Å²) < 4.78 is 13.8. The van der Waals surface area contributed by atoms with E-state index in [2.05, 4.69) is 48.5 Å². The van der Waals surface area contributed by atoms with Crippen LogP contribution in [0.2, 0.25) is 0 Å². The molecule has 156 valence electrons. The second-order valence-corrected chi connectivity index (χ2v) is 8.53. The van der Waals surface area contributed by atoms with Crippen LogP contribution in [0.3, 0.4) is 0 Å². The second-order valence-electron chi connectivity index (χ2n) is 5.99. The number of phenolic OH excluding ortho intramolecular Hbond substituents is 1. The van der Waals surface area contributed by atoms with E-state index >= 15 is 0 Å². The SMILES string of the molecule is C=CCN=c1scc(-c2ccc(OC)cc2OC)n1N=Cc1cc(Br)c(O)c(Br)c1. The van der Waals surface area contributed by atoms with Gasteiger partial charge in [0.25, 0.3) is 0 Å². The molecule has 1 heterocycles. The van der Waals surface area contributed by atoms with Crippen molar-refractivity contribution in [3.63, 3.8) is 0 Å². The molecule has 0 atom stereocenters. The van der Waals surface area contributed by atoms with Crippen LogP contribution in [-0.2, 0) is 0 Å². The van der Waals surface area contributed by atoms with E-state index < -0.39 is 0 Å². The minimum absolute atomic E-state index is 0.140. The summed E-state index contributed by atoms with van der Waals surface area (Å²) in [7, 11) is 3.23. The van der Waals surface area contributed by atoms with Crippen LogP contribution in [0.15, 0.2) is 67.4 Å². The standard InChI is InChI=1S/C21H19Br2N3O3S/c1-4-7-24-21-26(25-11-13-8-16(22)20(27)17(23)9-13)18(12-30-21)15-6-5-14(28-2)10-19(15)29-3/h4-6,8-12,27H,1,7H2,2-3H3. The normalized spacial score (nSPS) is 11.8. The lowest BCUT2D eigenvalue weighted by Gasteiger charge is -2.11. The Morgan fingerprint density at radius 1 is 1.17 bits per heavy atom. The van der Waals surface area contributed by atoms with Crippen LogP contribution < -0.4 is 14.3 Å². The molecule has 0 amide bonds. The third-order valence-electron chi connectivity index (χ3n) is 4.09. The molecule has 0 bridgehead atoms. The molecule has 0 spiro atoms. The number of phenols is 1. The van der Waals surface area contributed by atoms with E-state index in [1.54, 1.807) is 43.3 Å². The van der Waals surface area contributed by atoms with Gasteiger partial charge in [-0.1, -0.05) is 6.08 Å². The zero-order valence-corrected chi connectivity index (χ0v) is 20.3. The maximum atomic E-state index is 9.93. The molecule has 2 aromatic carbocycles. The van der Waals surface area contributed by atoms with Gasteiger partial charge in [-0.05, 0) is 61.7 Å². The predicted octanol–water partition coefficient (Wildman–Crippen LogP) is 5.43. The lowest BCUT2D eigenvalue weighted by atomic mass is 10.1. The first kappa shape index (κ1) is 22.3. The van der Waals surface area contributed by atoms with Crippen molar-refractivity contribution in [1.82, 2.24) is 4.68 Å². The van der Waals surface area contributed by atoms with Gasteiger partial charge in [-0.25, -0.2) is 4.68 Å². The van der Waals surface area contributed by atoms with Gasteiger partial charge in [-0.15, -0.1) is 17.9 Å². The Balaban J connectivity index is 2.14. The fourth-order valence-electron chi connectivity index (χ4n) is 2.64. The van der Waals surface area contributed by atoms with Crippen LogP contribution in [0.25, 0.3) is 11.3 Å². The monoisotopic (exact) mass is 551 g/mol. The van der Waals surface area contributed by atoms with Crippen LogP contribution in [0.5, 0.6) is 17.2 Å². The number of hydrogen-bond acceptors (Lipinski definition) is 6. The van der Waals surface area contributed by atoms with Gasteiger partial charge in [0.05, 0.1) is 41.6 Å². The van der Waals surface area contributed by atoms with Gasteiger partial charge in [0.1, 0.15) is 17.2 Å². The highest BCUT2D eigenvalue weighted by Gasteiger charge is 2.14. The minimum Gasteiger partial charge on any atom is -0.506 e. The van der Waals surface area contributed by atoms with Crippen molar-refractivity contribution >= 4 is 49.4 Å². The number of ether oxygens (including phenoxy) is 2. The summed E-state index contributed by atoms with van der Waals surface area (Å²) in [6.45, 7) is 4.21. The topological polar surface area (TPSA) is 68.3 Å². The number of halogens is 2. The molecule has 9 heteroatoms. The number of benzene rings is 2. The molecule has 6 nitrogen and oxygen atoms in total. The van der Waals surface area contributed by atoms with Crippen LogP contribution >= 0.6 is 43.2 Å². The van der Waals surface area contributed by atoms with E-state index in [1.807, 2.05) is 23.6 Å². The van der Waals surface area contributed by atoms with Crippen LogP contribution in [0.4, 0.5) is 0 Å². The second kappa shape index (κ2) is 10.1. The molecule has 30 heavy (non-hydrogen) atoms. The van der Waals surface area contributed by atoms with E-state index in [0.29, 0.717) is 27.0 Å². The highest BCUT2D eigenvalue weighted by molar-refractivity contribution is 9.11. The van der Waals surface area contributed by atoms with Crippen LogP contribution in [0.1, 0.15) is 5.56 Å². The molecular formula is C21H19Br2N3O3S. The van der Waals surface area contributed by atoms with Crippen molar-refractivity contribution in [2.24, 2.45) is 10.1 Å². The molecule has 0 unspecified atom stereocenters. The minimum atomic E-state index is 0.140. The number of hydrogen-bond donors (Lipinski definition) is 1. The van der Waals surface area contributed by atoms with E-state index in [4.69, 9.17) is 9.47 Å². The summed E-state index contributed by atoms with van der Waals surface area (Å²) in [5.74, 6) is 1.51. The fourth-order valence-corrected chi connectivity index (χ4v) is 4.70. The molecule has 0 aliphatic heterocycles. The number of rotatable bonds is 7. The van der Waals surface area contributed by atoms with Gasteiger partial charge in [0, 0.05) is 17.0 Å². The molecule has 0 saturated heterocycles. The average Bonchev–Trinajstić information content (AvgIpc) is 3.16. The van der Waals surface area contributed by atoms with Gasteiger partial charge in [0.15, 0.2) is 0 Å².